The summed E-state index contributed by atoms with van der Waals surface area (Å²) in [5, 5.41) is 0. The van der Waals surface area contributed by atoms with Crippen LogP contribution in [0.4, 0.5) is 19.7 Å². The molecule has 0 unspecified atom stereocenters. The number of rotatable bonds is 6. The van der Waals surface area contributed by atoms with Gasteiger partial charge in [-0.25, -0.2) is 14.0 Å². The smallest absolute Gasteiger partial charge is 0.410 e. The summed E-state index contributed by atoms with van der Waals surface area (Å²) >= 11 is 0. The maximum Gasteiger partial charge on any atom is 0.410 e. The fraction of sp³-hybridized carbons (Fsp3) is 0.464. The minimum absolute atomic E-state index is 0.117. The van der Waals surface area contributed by atoms with Crippen molar-refractivity contribution in [3.63, 3.8) is 0 Å². The van der Waals surface area contributed by atoms with E-state index in [9.17, 15) is 18.8 Å². The number of ether oxygens (including phenoxy) is 1. The van der Waals surface area contributed by atoms with Crippen molar-refractivity contribution in [2.24, 2.45) is 5.73 Å². The molecule has 8 nitrogen and oxygen atoms in total. The lowest BCUT2D eigenvalue weighted by Crippen LogP contribution is -2.43. The number of nitrogens with zero attached hydrogens (tertiary/aromatic N) is 3. The monoisotopic (exact) mass is 512 g/mol. The van der Waals surface area contributed by atoms with Gasteiger partial charge in [-0.2, -0.15) is 0 Å². The van der Waals surface area contributed by atoms with Gasteiger partial charge in [-0.15, -0.1) is 0 Å². The van der Waals surface area contributed by atoms with Crippen molar-refractivity contribution in [1.29, 1.82) is 0 Å². The minimum atomic E-state index is -0.676. The number of likely N-dealkylation sites (N-methyl/N-ethyl adjacent to an activating group) is 1. The number of nitrogens with two attached hydrogens (primary N) is 1. The van der Waals surface area contributed by atoms with E-state index in [-0.39, 0.29) is 30.7 Å². The van der Waals surface area contributed by atoms with Crippen molar-refractivity contribution in [2.75, 3.05) is 38.1 Å². The van der Waals surface area contributed by atoms with E-state index in [1.54, 1.807) is 50.9 Å². The van der Waals surface area contributed by atoms with Gasteiger partial charge in [0.25, 0.3) is 5.91 Å². The van der Waals surface area contributed by atoms with Gasteiger partial charge in [-0.1, -0.05) is 18.2 Å². The highest BCUT2D eigenvalue weighted by Gasteiger charge is 2.26. The highest BCUT2D eigenvalue weighted by Crippen LogP contribution is 2.30. The summed E-state index contributed by atoms with van der Waals surface area (Å²) in [5.41, 5.74) is 7.91. The standard InChI is InChI=1S/C28H37FN4O4/c1-19-6-7-22(25(34)32-14-12-21(13-15-32)20-8-10-23(29)11-9-20)18-24(19)33(26(30)35)17-16-31(5)27(36)37-28(2,3)4/h6-11,18,21H,12-17H2,1-5H3,(H2,30,35). The number of piperidine rings is 1. The zero-order chi connectivity index (χ0) is 27.3. The number of amides is 4. The minimum Gasteiger partial charge on any atom is -0.444 e. The average molecular weight is 513 g/mol. The zero-order valence-electron chi connectivity index (χ0n) is 22.3. The van der Waals surface area contributed by atoms with Gasteiger partial charge in [0.05, 0.1) is 0 Å². The van der Waals surface area contributed by atoms with Crippen LogP contribution in [0.2, 0.25) is 0 Å². The van der Waals surface area contributed by atoms with Crippen LogP contribution in [0.25, 0.3) is 0 Å². The Bertz CT molecular complexity index is 1120. The van der Waals surface area contributed by atoms with Crippen LogP contribution in [0, 0.1) is 12.7 Å². The fourth-order valence-corrected chi connectivity index (χ4v) is 4.40. The Morgan fingerprint density at radius 3 is 2.24 bits per heavy atom. The molecule has 4 amide bonds. The summed E-state index contributed by atoms with van der Waals surface area (Å²) in [6.07, 6.45) is 1.09. The van der Waals surface area contributed by atoms with Crippen LogP contribution in [-0.4, -0.2) is 66.7 Å². The van der Waals surface area contributed by atoms with Gasteiger partial charge in [-0.05, 0) is 81.8 Å². The number of urea groups is 1. The average Bonchev–Trinajstić information content (AvgIpc) is 2.84. The lowest BCUT2D eigenvalue weighted by molar-refractivity contribution is 0.0303. The van der Waals surface area contributed by atoms with Crippen LogP contribution in [-0.2, 0) is 4.74 Å². The topological polar surface area (TPSA) is 96.2 Å². The molecule has 37 heavy (non-hydrogen) atoms. The van der Waals surface area contributed by atoms with Crippen LogP contribution < -0.4 is 10.6 Å². The quantitative estimate of drug-likeness (QED) is 0.595. The molecule has 1 aliphatic heterocycles. The second-order valence-electron chi connectivity index (χ2n) is 10.5. The molecule has 2 aromatic carbocycles. The van der Waals surface area contributed by atoms with Crippen molar-refractivity contribution < 1.29 is 23.5 Å². The van der Waals surface area contributed by atoms with Crippen LogP contribution in [0.15, 0.2) is 42.5 Å². The lowest BCUT2D eigenvalue weighted by atomic mass is 9.89. The van der Waals surface area contributed by atoms with Crippen LogP contribution >= 0.6 is 0 Å². The number of likely N-dealkylation sites (tertiary alicyclic amines) is 1. The van der Waals surface area contributed by atoms with E-state index in [4.69, 9.17) is 10.5 Å². The Labute approximate surface area is 218 Å². The SMILES string of the molecule is Cc1ccc(C(=O)N2CCC(c3ccc(F)cc3)CC2)cc1N(CCN(C)C(=O)OC(C)(C)C)C(N)=O. The molecule has 0 atom stereocenters. The predicted molar refractivity (Wildman–Crippen MR) is 141 cm³/mol. The van der Waals surface area contributed by atoms with E-state index < -0.39 is 17.7 Å². The van der Waals surface area contributed by atoms with E-state index in [0.29, 0.717) is 24.3 Å². The summed E-state index contributed by atoms with van der Waals surface area (Å²) < 4.78 is 18.6. The van der Waals surface area contributed by atoms with Gasteiger partial charge < -0.3 is 20.3 Å². The molecule has 1 aliphatic rings. The van der Waals surface area contributed by atoms with E-state index in [2.05, 4.69) is 0 Å². The molecule has 0 radical (unpaired) electrons. The molecule has 3 rings (SSSR count). The molecular formula is C28H37FN4O4. The second kappa shape index (κ2) is 11.6. The Balaban J connectivity index is 1.68. The van der Waals surface area contributed by atoms with Gasteiger partial charge in [0, 0.05) is 44.5 Å². The van der Waals surface area contributed by atoms with Gasteiger partial charge in [-0.3, -0.25) is 9.69 Å². The molecule has 0 aromatic heterocycles. The van der Waals surface area contributed by atoms with Crippen molar-refractivity contribution in [1.82, 2.24) is 9.80 Å². The number of aryl methyl sites for hydroxylation is 1. The van der Waals surface area contributed by atoms with Crippen LogP contribution in [0.5, 0.6) is 0 Å². The van der Waals surface area contributed by atoms with E-state index >= 15 is 0 Å². The number of hydrogen-bond acceptors (Lipinski definition) is 4. The van der Waals surface area contributed by atoms with Crippen molar-refractivity contribution in [3.05, 3.63) is 65.0 Å². The molecule has 9 heteroatoms. The van der Waals surface area contributed by atoms with Gasteiger partial charge in [0.2, 0.25) is 0 Å². The van der Waals surface area contributed by atoms with Crippen LogP contribution in [0.3, 0.4) is 0 Å². The number of hydrogen-bond donors (Lipinski definition) is 1. The van der Waals surface area contributed by atoms with Crippen molar-refractivity contribution in [2.45, 2.75) is 52.1 Å². The number of benzene rings is 2. The molecule has 2 aromatic rings. The molecule has 200 valence electrons. The molecule has 2 N–H and O–H groups in total. The lowest BCUT2D eigenvalue weighted by Gasteiger charge is -2.33. The molecule has 0 spiro atoms. The van der Waals surface area contributed by atoms with Crippen LogP contribution in [0.1, 0.15) is 61.0 Å². The maximum absolute atomic E-state index is 13.3. The predicted octanol–water partition coefficient (Wildman–Crippen LogP) is 4.91. The highest BCUT2D eigenvalue weighted by atomic mass is 19.1. The fourth-order valence-electron chi connectivity index (χ4n) is 4.40. The van der Waals surface area contributed by atoms with Crippen molar-refractivity contribution in [3.8, 4) is 0 Å². The number of halogens is 1. The number of anilines is 1. The third kappa shape index (κ3) is 7.44. The summed E-state index contributed by atoms with van der Waals surface area (Å²) in [4.78, 5) is 42.5. The molecule has 0 saturated carbocycles. The summed E-state index contributed by atoms with van der Waals surface area (Å²) in [7, 11) is 1.59. The summed E-state index contributed by atoms with van der Waals surface area (Å²) in [6.45, 7) is 8.71. The molecular weight excluding hydrogens is 475 g/mol. The second-order valence-corrected chi connectivity index (χ2v) is 10.5. The van der Waals surface area contributed by atoms with Crippen molar-refractivity contribution >= 4 is 23.7 Å². The maximum atomic E-state index is 13.3. The number of carbonyl (C=O) groups is 3. The third-order valence-electron chi connectivity index (χ3n) is 6.50. The first kappa shape index (κ1) is 28.0. The summed E-state index contributed by atoms with van der Waals surface area (Å²) in [5.74, 6) is -0.0901. The van der Waals surface area contributed by atoms with E-state index in [0.717, 1.165) is 24.0 Å². The normalized spacial score (nSPS) is 14.3. The Kier molecular flexibility index (Phi) is 8.78. The molecule has 0 bridgehead atoms. The largest absolute Gasteiger partial charge is 0.444 e. The first-order valence-electron chi connectivity index (χ1n) is 12.5. The molecule has 1 saturated heterocycles. The first-order valence-corrected chi connectivity index (χ1v) is 12.5. The van der Waals surface area contributed by atoms with Gasteiger partial charge >= 0.3 is 12.1 Å². The van der Waals surface area contributed by atoms with E-state index in [1.165, 1.54) is 21.9 Å². The Hall–Kier alpha value is -3.62. The van der Waals surface area contributed by atoms with E-state index in [1.807, 2.05) is 19.1 Å². The molecule has 0 aliphatic carbocycles. The third-order valence-corrected chi connectivity index (χ3v) is 6.50. The Morgan fingerprint density at radius 1 is 1.05 bits per heavy atom. The molecule has 1 heterocycles. The zero-order valence-corrected chi connectivity index (χ0v) is 22.3. The van der Waals surface area contributed by atoms with Gasteiger partial charge in [0.15, 0.2) is 0 Å². The first-order chi connectivity index (χ1) is 17.4. The molecule has 1 fully saturated rings. The number of carbonyl (C=O) groups excluding carboxylic acids is 3. The number of primary amides is 1. The highest BCUT2D eigenvalue weighted by molar-refractivity contribution is 5.98. The Morgan fingerprint density at radius 2 is 1.68 bits per heavy atom. The summed E-state index contributed by atoms with van der Waals surface area (Å²) in [6, 6.07) is 11.1. The van der Waals surface area contributed by atoms with Gasteiger partial charge in [0.1, 0.15) is 11.4 Å².